The molecule has 1 saturated heterocycles. The molecule has 0 aromatic heterocycles. The Morgan fingerprint density at radius 1 is 1.08 bits per heavy atom. The molecular weight excluding hydrogens is 227 g/mol. The fourth-order valence-corrected chi connectivity index (χ4v) is 1.83. The molecule has 0 aromatic rings. The van der Waals surface area contributed by atoms with Crippen molar-refractivity contribution in [2.24, 2.45) is 0 Å². The van der Waals surface area contributed by atoms with Gasteiger partial charge >= 0.3 is 11.7 Å². The van der Waals surface area contributed by atoms with Crippen LogP contribution in [0.1, 0.15) is 0 Å². The Hall–Kier alpha value is 0.00494. The summed E-state index contributed by atoms with van der Waals surface area (Å²) in [5.74, 6) is 0. The molecular formula is CBF4O4S2-. The summed E-state index contributed by atoms with van der Waals surface area (Å²) in [4.78, 5) is 0. The first kappa shape index (κ1) is 10.1. The van der Waals surface area contributed by atoms with E-state index in [-0.39, 0.29) is 0 Å². The molecule has 0 radical (unpaired) electrons. The van der Waals surface area contributed by atoms with Crippen LogP contribution >= 0.6 is 0 Å². The van der Waals surface area contributed by atoms with Gasteiger partial charge in [-0.2, -0.15) is 8.78 Å². The van der Waals surface area contributed by atoms with Crippen LogP contribution in [0.2, 0.25) is 0 Å². The lowest BCUT2D eigenvalue weighted by Gasteiger charge is -2.32. The van der Waals surface area contributed by atoms with Gasteiger partial charge in [-0.05, 0) is 0 Å². The van der Waals surface area contributed by atoms with Crippen LogP contribution in [0, 0.1) is 0 Å². The van der Waals surface area contributed by atoms with E-state index in [1.54, 1.807) is 0 Å². The van der Waals surface area contributed by atoms with Crippen LogP contribution in [-0.2, 0) is 30.4 Å². The minimum atomic E-state index is -5.13. The van der Waals surface area contributed by atoms with Crippen LogP contribution in [0.4, 0.5) is 17.4 Å². The van der Waals surface area contributed by atoms with Crippen LogP contribution in [0.5, 0.6) is 0 Å². The molecule has 1 fully saturated rings. The predicted octanol–water partition coefficient (Wildman–Crippen LogP) is 0.286. The van der Waals surface area contributed by atoms with Crippen LogP contribution in [0.15, 0.2) is 0 Å². The lowest BCUT2D eigenvalue weighted by molar-refractivity contribution is 0.141. The van der Waals surface area contributed by atoms with Gasteiger partial charge in [-0.3, -0.25) is 0 Å². The monoisotopic (exact) mass is 227 g/mol. The van der Waals surface area contributed by atoms with Gasteiger partial charge in [-0.25, -0.2) is 8.42 Å². The Bertz CT molecular complexity index is 231. The molecule has 1 rings (SSSR count). The van der Waals surface area contributed by atoms with Crippen LogP contribution < -0.4 is 0 Å². The highest BCUT2D eigenvalue weighted by Gasteiger charge is 2.56. The molecule has 0 amide bonds. The van der Waals surface area contributed by atoms with E-state index in [1.807, 2.05) is 0 Å². The normalized spacial score (nSPS) is 39.3. The van der Waals surface area contributed by atoms with Crippen molar-refractivity contribution in [3.63, 3.8) is 0 Å². The summed E-state index contributed by atoms with van der Waals surface area (Å²) in [5.41, 5.74) is 0. The van der Waals surface area contributed by atoms with Crippen molar-refractivity contribution in [1.29, 1.82) is 0 Å². The van der Waals surface area contributed by atoms with Crippen molar-refractivity contribution in [2.45, 2.75) is 4.59 Å². The van der Waals surface area contributed by atoms with Crippen molar-refractivity contribution in [3.8, 4) is 0 Å². The maximum Gasteiger partial charge on any atom is 0.626 e. The molecule has 1 aliphatic rings. The molecule has 12 heavy (non-hydrogen) atoms. The zero-order chi connectivity index (χ0) is 9.57. The second-order valence-electron chi connectivity index (χ2n) is 1.66. The zero-order valence-corrected chi connectivity index (χ0v) is 6.67. The molecule has 0 bridgehead atoms. The lowest BCUT2D eigenvalue weighted by Crippen LogP contribution is -2.48. The van der Waals surface area contributed by atoms with Crippen molar-refractivity contribution >= 4 is 29.3 Å². The summed E-state index contributed by atoms with van der Waals surface area (Å²) in [7, 11) is -5.13. The van der Waals surface area contributed by atoms with Crippen molar-refractivity contribution in [3.05, 3.63) is 0 Å². The summed E-state index contributed by atoms with van der Waals surface area (Å²) < 4.78 is 70.1. The topological polar surface area (TPSA) is 52.6 Å². The molecule has 1 heterocycles. The summed E-state index contributed by atoms with van der Waals surface area (Å²) in [6.07, 6.45) is 0. The molecule has 4 nitrogen and oxygen atoms in total. The van der Waals surface area contributed by atoms with Gasteiger partial charge in [0.2, 0.25) is 22.2 Å². The number of alkyl halides is 2. The number of halogens is 4. The average molecular weight is 227 g/mol. The molecule has 2 atom stereocenters. The van der Waals surface area contributed by atoms with Gasteiger partial charge in [0, 0.05) is 0 Å². The third-order valence-electron chi connectivity index (χ3n) is 0.787. The Labute approximate surface area is 68.6 Å². The molecule has 0 spiro atoms. The maximum absolute atomic E-state index is 12.2. The van der Waals surface area contributed by atoms with Crippen molar-refractivity contribution < 1.29 is 34.0 Å². The van der Waals surface area contributed by atoms with Gasteiger partial charge in [-0.1, -0.05) is 0 Å². The standard InChI is InChI=1S/CBF4O4S2/c3-1(4)11(7)9-2(5,6)10-12(1)8/q-1. The highest BCUT2D eigenvalue weighted by atomic mass is 32.3. The molecule has 0 N–H and O–H groups in total. The molecule has 11 heteroatoms. The molecule has 0 aliphatic carbocycles. The zero-order valence-electron chi connectivity index (χ0n) is 5.04. The van der Waals surface area contributed by atoms with Gasteiger partial charge in [0.15, 0.2) is 0 Å². The fraction of sp³-hybridized carbons (Fsp3) is 1.00. The maximum atomic E-state index is 12.2. The molecule has 0 aromatic carbocycles. The predicted molar refractivity (Wildman–Crippen MR) is 31.4 cm³/mol. The third-order valence-corrected chi connectivity index (χ3v) is 3.18. The van der Waals surface area contributed by atoms with E-state index >= 15 is 0 Å². The van der Waals surface area contributed by atoms with Gasteiger partial charge in [-0.15, -0.1) is 0 Å². The number of rotatable bonds is 0. The highest BCUT2D eigenvalue weighted by molar-refractivity contribution is 8.01. The number of hydrogen-bond acceptors (Lipinski definition) is 4. The first-order valence-corrected chi connectivity index (χ1v) is 4.51. The van der Waals surface area contributed by atoms with Gasteiger partial charge in [0.1, 0.15) is 0 Å². The Morgan fingerprint density at radius 3 is 1.75 bits per heavy atom. The largest absolute Gasteiger partial charge is 0.626 e. The van der Waals surface area contributed by atoms with E-state index in [2.05, 4.69) is 8.20 Å². The summed E-state index contributed by atoms with van der Waals surface area (Å²) in [6.45, 7) is 0. The highest BCUT2D eigenvalue weighted by Crippen LogP contribution is 2.35. The van der Waals surface area contributed by atoms with Crippen molar-refractivity contribution in [1.82, 2.24) is 0 Å². The van der Waals surface area contributed by atoms with Gasteiger partial charge in [0.05, 0.1) is 0 Å². The second kappa shape index (κ2) is 2.75. The Kier molecular flexibility index (Phi) is 2.31. The fourth-order valence-electron chi connectivity index (χ4n) is 0.387. The lowest BCUT2D eigenvalue weighted by atomic mass is 10.2. The number of hydrogen-bond donors (Lipinski definition) is 0. The smallest absolute Gasteiger partial charge is 0.424 e. The van der Waals surface area contributed by atoms with E-state index in [0.29, 0.717) is 0 Å². The minimum absolute atomic E-state index is 3.00. The van der Waals surface area contributed by atoms with E-state index in [1.165, 1.54) is 0 Å². The summed E-state index contributed by atoms with van der Waals surface area (Å²) in [6, 6.07) is 0. The van der Waals surface area contributed by atoms with E-state index < -0.39 is 33.9 Å². The van der Waals surface area contributed by atoms with Gasteiger partial charge < -0.3 is 16.8 Å². The second-order valence-corrected chi connectivity index (χ2v) is 4.27. The van der Waals surface area contributed by atoms with E-state index in [4.69, 9.17) is 0 Å². The van der Waals surface area contributed by atoms with Gasteiger partial charge in [0.25, 0.3) is 0 Å². The quantitative estimate of drug-likeness (QED) is 0.440. The first-order valence-electron chi connectivity index (χ1n) is 2.36. The minimum Gasteiger partial charge on any atom is -0.424 e. The average Bonchev–Trinajstić information content (AvgIpc) is 1.82. The molecule has 1 aliphatic heterocycles. The van der Waals surface area contributed by atoms with Crippen LogP contribution in [0.3, 0.4) is 0 Å². The van der Waals surface area contributed by atoms with Crippen molar-refractivity contribution in [2.75, 3.05) is 0 Å². The van der Waals surface area contributed by atoms with Crippen LogP contribution in [-0.4, -0.2) is 20.1 Å². The van der Waals surface area contributed by atoms with Crippen LogP contribution in [0.25, 0.3) is 0 Å². The molecule has 2 unspecified atom stereocenters. The summed E-state index contributed by atoms with van der Waals surface area (Å²) >= 11 is -7.26. The Balaban J connectivity index is 2.93. The summed E-state index contributed by atoms with van der Waals surface area (Å²) in [5, 5.41) is 0. The SMILES string of the molecule is O=S1O[B-](F)(F)OS(=O)C1(F)F. The van der Waals surface area contributed by atoms with E-state index in [0.717, 1.165) is 0 Å². The van der Waals surface area contributed by atoms with E-state index in [9.17, 15) is 25.8 Å². The first-order chi connectivity index (χ1) is 5.26. The molecule has 72 valence electrons. The third kappa shape index (κ3) is 1.68. The molecule has 0 saturated carbocycles. The Morgan fingerprint density at radius 2 is 1.42 bits per heavy atom.